The van der Waals surface area contributed by atoms with Crippen LogP contribution in [-0.2, 0) is 10.0 Å². The molecule has 0 saturated carbocycles. The van der Waals surface area contributed by atoms with Gasteiger partial charge in [-0.15, -0.1) is 0 Å². The van der Waals surface area contributed by atoms with E-state index in [1.165, 1.54) is 24.6 Å². The summed E-state index contributed by atoms with van der Waals surface area (Å²) in [5, 5.41) is 3.16. The van der Waals surface area contributed by atoms with Gasteiger partial charge < -0.3 is 10.2 Å². The maximum Gasteiger partial charge on any atom is 0.244 e. The van der Waals surface area contributed by atoms with Crippen LogP contribution < -0.4 is 5.32 Å². The molecular weight excluding hydrogens is 264 g/mol. The highest BCUT2D eigenvalue weighted by atomic mass is 32.2. The third kappa shape index (κ3) is 4.45. The summed E-state index contributed by atoms with van der Waals surface area (Å²) >= 11 is 0. The first-order valence-electron chi connectivity index (χ1n) is 6.19. The van der Waals surface area contributed by atoms with Gasteiger partial charge in [0.2, 0.25) is 10.0 Å². The summed E-state index contributed by atoms with van der Waals surface area (Å²) in [7, 11) is 1.65. The molecular formula is C12H22N4O2S. The lowest BCUT2D eigenvalue weighted by Gasteiger charge is -2.14. The van der Waals surface area contributed by atoms with Crippen molar-refractivity contribution in [2.75, 3.05) is 46.1 Å². The molecule has 1 heterocycles. The molecule has 1 rings (SSSR count). The maximum absolute atomic E-state index is 11.8. The summed E-state index contributed by atoms with van der Waals surface area (Å²) < 4.78 is 24.9. The minimum absolute atomic E-state index is 0.203. The van der Waals surface area contributed by atoms with E-state index < -0.39 is 10.0 Å². The number of pyridine rings is 1. The number of nitrogens with zero attached hydrogens (tertiary/aromatic N) is 3. The second kappa shape index (κ2) is 6.83. The van der Waals surface area contributed by atoms with Crippen molar-refractivity contribution in [2.24, 2.45) is 0 Å². The molecule has 0 radical (unpaired) electrons. The third-order valence-electron chi connectivity index (χ3n) is 2.85. The lowest BCUT2D eigenvalue weighted by molar-refractivity contribution is 0.367. The van der Waals surface area contributed by atoms with E-state index in [-0.39, 0.29) is 4.90 Å². The van der Waals surface area contributed by atoms with E-state index in [2.05, 4.69) is 22.1 Å². The Morgan fingerprint density at radius 1 is 1.26 bits per heavy atom. The van der Waals surface area contributed by atoms with E-state index >= 15 is 0 Å². The summed E-state index contributed by atoms with van der Waals surface area (Å²) in [5.41, 5.74) is 0. The van der Waals surface area contributed by atoms with E-state index in [1.54, 1.807) is 12.1 Å². The van der Waals surface area contributed by atoms with Crippen molar-refractivity contribution in [3.63, 3.8) is 0 Å². The summed E-state index contributed by atoms with van der Waals surface area (Å²) in [6, 6.07) is 3.25. The molecule has 0 aliphatic rings. The Morgan fingerprint density at radius 2 is 1.95 bits per heavy atom. The first-order valence-corrected chi connectivity index (χ1v) is 7.63. The summed E-state index contributed by atoms with van der Waals surface area (Å²) in [6.07, 6.45) is 1.38. The molecule has 0 bridgehead atoms. The number of nitrogens with one attached hydrogen (secondary N) is 1. The minimum Gasteiger partial charge on any atom is -0.369 e. The van der Waals surface area contributed by atoms with Gasteiger partial charge in [-0.1, -0.05) is 6.92 Å². The van der Waals surface area contributed by atoms with E-state index in [0.29, 0.717) is 5.82 Å². The second-order valence-corrected chi connectivity index (χ2v) is 6.64. The van der Waals surface area contributed by atoms with Gasteiger partial charge in [-0.3, -0.25) is 0 Å². The predicted molar refractivity (Wildman–Crippen MR) is 76.8 cm³/mol. The largest absolute Gasteiger partial charge is 0.369 e. The zero-order valence-corrected chi connectivity index (χ0v) is 12.7. The average molecular weight is 286 g/mol. The number of anilines is 1. The van der Waals surface area contributed by atoms with E-state index in [9.17, 15) is 8.42 Å². The smallest absolute Gasteiger partial charge is 0.244 e. The standard InChI is InChI=1S/C12H22N4O2S/c1-5-16(4)9-8-13-12-7-6-11(10-14-12)19(17,18)15(2)3/h6-7,10H,5,8-9H2,1-4H3,(H,13,14). The van der Waals surface area contributed by atoms with Crippen molar-refractivity contribution < 1.29 is 8.42 Å². The van der Waals surface area contributed by atoms with Gasteiger partial charge in [0.05, 0.1) is 0 Å². The zero-order valence-electron chi connectivity index (χ0n) is 11.9. The lowest BCUT2D eigenvalue weighted by atomic mass is 10.4. The second-order valence-electron chi connectivity index (χ2n) is 4.49. The Labute approximate surface area is 115 Å². The van der Waals surface area contributed by atoms with Crippen LogP contribution in [0.2, 0.25) is 0 Å². The van der Waals surface area contributed by atoms with Crippen molar-refractivity contribution in [2.45, 2.75) is 11.8 Å². The Morgan fingerprint density at radius 3 is 2.42 bits per heavy atom. The van der Waals surface area contributed by atoms with Crippen LogP contribution in [0, 0.1) is 0 Å². The fourth-order valence-electron chi connectivity index (χ4n) is 1.38. The molecule has 0 atom stereocenters. The quantitative estimate of drug-likeness (QED) is 0.799. The lowest BCUT2D eigenvalue weighted by Crippen LogP contribution is -2.25. The molecule has 19 heavy (non-hydrogen) atoms. The van der Waals surface area contributed by atoms with Gasteiger partial charge in [-0.25, -0.2) is 17.7 Å². The number of aromatic nitrogens is 1. The minimum atomic E-state index is -3.40. The molecule has 1 N–H and O–H groups in total. The Balaban J connectivity index is 2.62. The zero-order chi connectivity index (χ0) is 14.5. The highest BCUT2D eigenvalue weighted by Gasteiger charge is 2.17. The molecule has 0 aliphatic heterocycles. The fourth-order valence-corrected chi connectivity index (χ4v) is 2.23. The molecule has 6 nitrogen and oxygen atoms in total. The van der Waals surface area contributed by atoms with Crippen molar-refractivity contribution >= 4 is 15.8 Å². The first-order chi connectivity index (χ1) is 8.87. The van der Waals surface area contributed by atoms with E-state index in [4.69, 9.17) is 0 Å². The topological polar surface area (TPSA) is 65.5 Å². The van der Waals surface area contributed by atoms with Crippen LogP contribution in [0.4, 0.5) is 5.82 Å². The van der Waals surface area contributed by atoms with Gasteiger partial charge in [0, 0.05) is 33.4 Å². The van der Waals surface area contributed by atoms with Crippen molar-refractivity contribution in [1.29, 1.82) is 0 Å². The number of hydrogen-bond acceptors (Lipinski definition) is 5. The molecule has 7 heteroatoms. The van der Waals surface area contributed by atoms with E-state index in [1.807, 2.05) is 7.05 Å². The molecule has 0 saturated heterocycles. The maximum atomic E-state index is 11.8. The van der Waals surface area contributed by atoms with Crippen LogP contribution in [0.25, 0.3) is 0 Å². The van der Waals surface area contributed by atoms with Crippen LogP contribution in [0.5, 0.6) is 0 Å². The Bertz CT molecular complexity index is 485. The molecule has 1 aromatic heterocycles. The fraction of sp³-hybridized carbons (Fsp3) is 0.583. The van der Waals surface area contributed by atoms with Crippen LogP contribution in [0.3, 0.4) is 0 Å². The molecule has 0 unspecified atom stereocenters. The normalized spacial score (nSPS) is 12.1. The highest BCUT2D eigenvalue weighted by Crippen LogP contribution is 2.13. The van der Waals surface area contributed by atoms with Gasteiger partial charge in [0.15, 0.2) is 0 Å². The number of likely N-dealkylation sites (N-methyl/N-ethyl adjacent to an activating group) is 1. The van der Waals surface area contributed by atoms with E-state index in [0.717, 1.165) is 19.6 Å². The molecule has 108 valence electrons. The number of rotatable bonds is 7. The molecule has 1 aromatic rings. The van der Waals surface area contributed by atoms with Gasteiger partial charge in [0.25, 0.3) is 0 Å². The molecule has 0 fully saturated rings. The van der Waals surface area contributed by atoms with Crippen molar-refractivity contribution in [3.05, 3.63) is 18.3 Å². The molecule has 0 aliphatic carbocycles. The Kier molecular flexibility index (Phi) is 5.71. The summed E-state index contributed by atoms with van der Waals surface area (Å²) in [6.45, 7) is 4.78. The monoisotopic (exact) mass is 286 g/mol. The molecule has 0 aromatic carbocycles. The van der Waals surface area contributed by atoms with Crippen molar-refractivity contribution in [3.8, 4) is 0 Å². The Hall–Kier alpha value is -1.18. The first kappa shape index (κ1) is 15.9. The SMILES string of the molecule is CCN(C)CCNc1ccc(S(=O)(=O)N(C)C)cn1. The van der Waals surface area contributed by atoms with Crippen molar-refractivity contribution in [1.82, 2.24) is 14.2 Å². The van der Waals surface area contributed by atoms with Gasteiger partial charge in [0.1, 0.15) is 10.7 Å². The summed E-state index contributed by atoms with van der Waals surface area (Å²) in [5.74, 6) is 0.683. The number of hydrogen-bond donors (Lipinski definition) is 1. The van der Waals surface area contributed by atoms with Crippen LogP contribution >= 0.6 is 0 Å². The average Bonchev–Trinajstić information content (AvgIpc) is 2.39. The van der Waals surface area contributed by atoms with Gasteiger partial charge in [-0.2, -0.15) is 0 Å². The summed E-state index contributed by atoms with van der Waals surface area (Å²) in [4.78, 5) is 6.50. The number of sulfonamides is 1. The highest BCUT2D eigenvalue weighted by molar-refractivity contribution is 7.89. The van der Waals surface area contributed by atoms with Crippen LogP contribution in [-0.4, -0.2) is 63.4 Å². The predicted octanol–water partition coefficient (Wildman–Crippen LogP) is 0.695. The molecule has 0 spiro atoms. The third-order valence-corrected chi connectivity index (χ3v) is 4.65. The van der Waals surface area contributed by atoms with Gasteiger partial charge in [-0.05, 0) is 25.7 Å². The van der Waals surface area contributed by atoms with Crippen LogP contribution in [0.15, 0.2) is 23.2 Å². The van der Waals surface area contributed by atoms with Gasteiger partial charge >= 0.3 is 0 Å². The van der Waals surface area contributed by atoms with Crippen LogP contribution in [0.1, 0.15) is 6.92 Å². The molecule has 0 amide bonds.